The first-order valence-corrected chi connectivity index (χ1v) is 10.3. The molecule has 3 aliphatic rings. The van der Waals surface area contributed by atoms with Crippen molar-refractivity contribution in [3.05, 3.63) is 24.4 Å². The zero-order valence-corrected chi connectivity index (χ0v) is 16.0. The number of anilines is 1. The standard InChI is InChI=1S/C21H31N5/c1-24-20-18(13-23-24)3-2-4-19(20)26-15-21(16-26)7-5-17(6-8-21)14-25-11-9-22-10-12-25/h2-4,13,17,22H,5-12,14-16H2,1H3. The van der Waals surface area contributed by atoms with Gasteiger partial charge in [0.25, 0.3) is 0 Å². The molecule has 1 N–H and O–H groups in total. The second-order valence-corrected chi connectivity index (χ2v) is 8.83. The van der Waals surface area contributed by atoms with E-state index in [4.69, 9.17) is 0 Å². The first-order valence-electron chi connectivity index (χ1n) is 10.3. The Morgan fingerprint density at radius 2 is 1.92 bits per heavy atom. The molecular weight excluding hydrogens is 322 g/mol. The maximum Gasteiger partial charge on any atom is 0.0912 e. The minimum atomic E-state index is 0.584. The van der Waals surface area contributed by atoms with Crippen molar-refractivity contribution < 1.29 is 0 Å². The van der Waals surface area contributed by atoms with E-state index in [0.29, 0.717) is 5.41 Å². The first-order chi connectivity index (χ1) is 12.7. The summed E-state index contributed by atoms with van der Waals surface area (Å²) < 4.78 is 2.03. The minimum absolute atomic E-state index is 0.584. The molecule has 26 heavy (non-hydrogen) atoms. The number of hydrogen-bond acceptors (Lipinski definition) is 4. The summed E-state index contributed by atoms with van der Waals surface area (Å²) in [4.78, 5) is 5.26. The SMILES string of the molecule is Cn1ncc2cccc(N3CC4(CCC(CN5CCNCC5)CC4)C3)c21. The van der Waals surface area contributed by atoms with E-state index in [1.165, 1.54) is 88.1 Å². The lowest BCUT2D eigenvalue weighted by Crippen LogP contribution is -2.58. The Kier molecular flexibility index (Phi) is 4.17. The van der Waals surface area contributed by atoms with E-state index in [1.807, 2.05) is 10.9 Å². The summed E-state index contributed by atoms with van der Waals surface area (Å²) in [5.41, 5.74) is 3.24. The van der Waals surface area contributed by atoms with Crippen LogP contribution in [0.15, 0.2) is 24.4 Å². The summed E-state index contributed by atoms with van der Waals surface area (Å²) >= 11 is 0. The normalized spacial score (nSPS) is 24.3. The Bertz CT molecular complexity index is 760. The van der Waals surface area contributed by atoms with Crippen molar-refractivity contribution in [2.75, 3.05) is 50.7 Å². The summed E-state index contributed by atoms with van der Waals surface area (Å²) in [7, 11) is 2.06. The predicted octanol–water partition coefficient (Wildman–Crippen LogP) is 2.48. The van der Waals surface area contributed by atoms with Gasteiger partial charge in [0.2, 0.25) is 0 Å². The van der Waals surface area contributed by atoms with Crippen LogP contribution in [-0.4, -0.2) is 60.5 Å². The molecule has 1 aromatic carbocycles. The lowest BCUT2D eigenvalue weighted by Gasteiger charge is -2.55. The number of hydrogen-bond donors (Lipinski definition) is 1. The summed E-state index contributed by atoms with van der Waals surface area (Å²) in [5, 5.41) is 9.17. The molecule has 0 unspecified atom stereocenters. The largest absolute Gasteiger partial charge is 0.369 e. The van der Waals surface area contributed by atoms with Crippen LogP contribution in [0, 0.1) is 11.3 Å². The fraction of sp³-hybridized carbons (Fsp3) is 0.667. The number of nitrogens with one attached hydrogen (secondary N) is 1. The number of nitrogens with zero attached hydrogens (tertiary/aromatic N) is 4. The van der Waals surface area contributed by atoms with Crippen molar-refractivity contribution in [1.29, 1.82) is 0 Å². The van der Waals surface area contributed by atoms with Gasteiger partial charge in [0.15, 0.2) is 0 Å². The first kappa shape index (κ1) is 16.6. The van der Waals surface area contributed by atoms with Crippen molar-refractivity contribution in [2.24, 2.45) is 18.4 Å². The van der Waals surface area contributed by atoms with E-state index in [-0.39, 0.29) is 0 Å². The molecule has 0 atom stereocenters. The van der Waals surface area contributed by atoms with Gasteiger partial charge in [-0.1, -0.05) is 12.1 Å². The van der Waals surface area contributed by atoms with Gasteiger partial charge in [0, 0.05) is 63.7 Å². The third kappa shape index (κ3) is 2.91. The van der Waals surface area contributed by atoms with Gasteiger partial charge in [-0.25, -0.2) is 0 Å². The van der Waals surface area contributed by atoms with E-state index < -0.39 is 0 Å². The zero-order valence-electron chi connectivity index (χ0n) is 16.0. The average Bonchev–Trinajstić information content (AvgIpc) is 3.03. The van der Waals surface area contributed by atoms with Crippen LogP contribution < -0.4 is 10.2 Å². The summed E-state index contributed by atoms with van der Waals surface area (Å²) in [6.45, 7) is 8.62. The lowest BCUT2D eigenvalue weighted by atomic mass is 9.65. The molecule has 3 heterocycles. The summed E-state index contributed by atoms with van der Waals surface area (Å²) in [6.07, 6.45) is 7.67. The van der Waals surface area contributed by atoms with Crippen LogP contribution in [-0.2, 0) is 7.05 Å². The third-order valence-electron chi connectivity index (χ3n) is 7.02. The highest BCUT2D eigenvalue weighted by Crippen LogP contribution is 2.48. The Morgan fingerprint density at radius 3 is 2.69 bits per heavy atom. The number of piperazine rings is 1. The molecule has 5 heteroatoms. The van der Waals surface area contributed by atoms with E-state index in [0.717, 1.165) is 5.92 Å². The van der Waals surface area contributed by atoms with E-state index in [1.54, 1.807) is 0 Å². The summed E-state index contributed by atoms with van der Waals surface area (Å²) in [6, 6.07) is 6.62. The van der Waals surface area contributed by atoms with Crippen LogP contribution in [0.1, 0.15) is 25.7 Å². The molecule has 0 radical (unpaired) electrons. The monoisotopic (exact) mass is 353 g/mol. The van der Waals surface area contributed by atoms with Gasteiger partial charge in [0.05, 0.1) is 17.4 Å². The lowest BCUT2D eigenvalue weighted by molar-refractivity contribution is 0.0876. The van der Waals surface area contributed by atoms with Gasteiger partial charge in [-0.15, -0.1) is 0 Å². The molecule has 2 saturated heterocycles. The van der Waals surface area contributed by atoms with E-state index in [2.05, 4.69) is 45.5 Å². The van der Waals surface area contributed by atoms with Crippen LogP contribution in [0.3, 0.4) is 0 Å². The van der Waals surface area contributed by atoms with Crippen LogP contribution >= 0.6 is 0 Å². The quantitative estimate of drug-likeness (QED) is 0.920. The molecule has 5 nitrogen and oxygen atoms in total. The fourth-order valence-corrected chi connectivity index (χ4v) is 5.45. The van der Waals surface area contributed by atoms with E-state index in [9.17, 15) is 0 Å². The highest BCUT2D eigenvalue weighted by atomic mass is 15.3. The molecule has 1 saturated carbocycles. The van der Waals surface area contributed by atoms with Gasteiger partial charge in [0.1, 0.15) is 0 Å². The van der Waals surface area contributed by atoms with Crippen molar-refractivity contribution in [3.8, 4) is 0 Å². The topological polar surface area (TPSA) is 36.3 Å². The van der Waals surface area contributed by atoms with Crippen molar-refractivity contribution >= 4 is 16.6 Å². The highest BCUT2D eigenvalue weighted by Gasteiger charge is 2.45. The van der Waals surface area contributed by atoms with Crippen LogP contribution in [0.5, 0.6) is 0 Å². The van der Waals surface area contributed by atoms with Gasteiger partial charge in [-0.2, -0.15) is 5.10 Å². The minimum Gasteiger partial charge on any atom is -0.369 e. The van der Waals surface area contributed by atoms with E-state index >= 15 is 0 Å². The molecule has 0 bridgehead atoms. The van der Waals surface area contributed by atoms with Gasteiger partial charge >= 0.3 is 0 Å². The maximum absolute atomic E-state index is 4.45. The van der Waals surface area contributed by atoms with Gasteiger partial charge < -0.3 is 15.1 Å². The Morgan fingerprint density at radius 1 is 1.15 bits per heavy atom. The second kappa shape index (κ2) is 6.54. The molecule has 1 spiro atoms. The van der Waals surface area contributed by atoms with Crippen molar-refractivity contribution in [3.63, 3.8) is 0 Å². The fourth-order valence-electron chi connectivity index (χ4n) is 5.45. The third-order valence-corrected chi connectivity index (χ3v) is 7.02. The van der Waals surface area contributed by atoms with Gasteiger partial charge in [-0.3, -0.25) is 4.68 Å². The van der Waals surface area contributed by atoms with Crippen LogP contribution in [0.25, 0.3) is 10.9 Å². The second-order valence-electron chi connectivity index (χ2n) is 8.83. The molecule has 1 aliphatic carbocycles. The molecule has 140 valence electrons. The number of benzene rings is 1. The molecule has 0 amide bonds. The number of para-hydroxylation sites is 1. The highest BCUT2D eigenvalue weighted by molar-refractivity contribution is 5.91. The Labute approximate surface area is 156 Å². The van der Waals surface area contributed by atoms with Crippen LogP contribution in [0.2, 0.25) is 0 Å². The smallest absolute Gasteiger partial charge is 0.0912 e. The number of rotatable bonds is 3. The summed E-state index contributed by atoms with van der Waals surface area (Å²) in [5.74, 6) is 0.924. The molecule has 3 fully saturated rings. The number of aromatic nitrogens is 2. The Balaban J connectivity index is 1.20. The van der Waals surface area contributed by atoms with Crippen LogP contribution in [0.4, 0.5) is 5.69 Å². The molecule has 2 aliphatic heterocycles. The molecule has 2 aromatic rings. The molecule has 5 rings (SSSR count). The number of fused-ring (bicyclic) bond motifs is 1. The van der Waals surface area contributed by atoms with Gasteiger partial charge in [-0.05, 0) is 37.7 Å². The van der Waals surface area contributed by atoms with Crippen molar-refractivity contribution in [2.45, 2.75) is 25.7 Å². The maximum atomic E-state index is 4.45. The Hall–Kier alpha value is -1.59. The molecular formula is C21H31N5. The predicted molar refractivity (Wildman–Crippen MR) is 107 cm³/mol. The average molecular weight is 354 g/mol. The molecule has 1 aromatic heterocycles. The number of aryl methyl sites for hydroxylation is 1. The van der Waals surface area contributed by atoms with Crippen molar-refractivity contribution in [1.82, 2.24) is 20.0 Å². The zero-order chi connectivity index (χ0) is 17.6.